The molecule has 0 bridgehead atoms. The lowest BCUT2D eigenvalue weighted by atomic mass is 9.82. The second-order valence-electron chi connectivity index (χ2n) is 11.6. The number of halogens is 1. The maximum Gasteiger partial charge on any atom is 0.264 e. The molecule has 4 heterocycles. The Morgan fingerprint density at radius 2 is 1.69 bits per heavy atom. The molecular formula is C29H34FN3O5Si. The normalized spacial score (nSPS) is 28.3. The smallest absolute Gasteiger partial charge is 0.264 e. The van der Waals surface area contributed by atoms with E-state index in [4.69, 9.17) is 4.74 Å². The largest absolute Gasteiger partial charge is 0.396 e. The van der Waals surface area contributed by atoms with Crippen LogP contribution in [0.3, 0.4) is 0 Å². The molecule has 2 aromatic carbocycles. The average Bonchev–Trinajstić information content (AvgIpc) is 3.29. The van der Waals surface area contributed by atoms with Crippen molar-refractivity contribution in [2.75, 3.05) is 34.4 Å². The summed E-state index contributed by atoms with van der Waals surface area (Å²) in [6, 6.07) is 13.2. The third kappa shape index (κ3) is 3.95. The molecule has 1 N–H and O–H groups in total. The lowest BCUT2D eigenvalue weighted by molar-refractivity contribution is -0.146. The zero-order valence-corrected chi connectivity index (χ0v) is 23.5. The first kappa shape index (κ1) is 26.2. The number of fused-ring (bicyclic) bond motifs is 2. The number of β-lactam (4-membered cyclic amide) rings is 2. The standard InChI is InChI=1S/C29H34FN3O5Si/c1-18-27(39(2,3)30)24(11-14-34)38-29(18)22-16-21(32-13-10-26(32)36)7-8-23(22)33(28(29)37)17-19-5-4-6-20(15-19)31-12-9-25(31)35/h4-8,15-16,18,24,27,34H,9-14,17H2,1-3H3/t18-,24+,27-,29+/m1/s1. The number of aliphatic hydroxyl groups is 1. The van der Waals surface area contributed by atoms with Gasteiger partial charge in [0.1, 0.15) is 0 Å². The fourth-order valence-electron chi connectivity index (χ4n) is 6.94. The van der Waals surface area contributed by atoms with Gasteiger partial charge in [-0.3, -0.25) is 14.4 Å². The Morgan fingerprint density at radius 1 is 1.03 bits per heavy atom. The van der Waals surface area contributed by atoms with Crippen LogP contribution < -0.4 is 14.7 Å². The molecule has 0 aliphatic carbocycles. The Kier molecular flexibility index (Phi) is 6.20. The van der Waals surface area contributed by atoms with Crippen molar-refractivity contribution < 1.29 is 28.3 Å². The van der Waals surface area contributed by atoms with Gasteiger partial charge in [-0.05, 0) is 55.4 Å². The van der Waals surface area contributed by atoms with Crippen LogP contribution in [0.15, 0.2) is 42.5 Å². The number of amides is 3. The van der Waals surface area contributed by atoms with Gasteiger partial charge in [-0.1, -0.05) is 19.1 Å². The fourth-order valence-corrected chi connectivity index (χ4v) is 9.48. The van der Waals surface area contributed by atoms with E-state index in [0.29, 0.717) is 42.9 Å². The molecule has 8 nitrogen and oxygen atoms in total. The average molecular weight is 552 g/mol. The quantitative estimate of drug-likeness (QED) is 0.321. The predicted molar refractivity (Wildman–Crippen MR) is 148 cm³/mol. The van der Waals surface area contributed by atoms with E-state index in [1.54, 1.807) is 27.8 Å². The van der Waals surface area contributed by atoms with Crippen molar-refractivity contribution in [2.45, 2.75) is 63.1 Å². The number of aliphatic hydroxyl groups excluding tert-OH is 1. The molecule has 3 amide bonds. The highest BCUT2D eigenvalue weighted by molar-refractivity contribution is 6.72. The maximum absolute atomic E-state index is 15.8. The van der Waals surface area contributed by atoms with Crippen molar-refractivity contribution in [3.8, 4) is 0 Å². The van der Waals surface area contributed by atoms with Crippen LogP contribution in [0.2, 0.25) is 18.6 Å². The summed E-state index contributed by atoms with van der Waals surface area (Å²) in [5.41, 5.74) is 1.79. The number of hydrogen-bond donors (Lipinski definition) is 1. The Hall–Kier alpha value is -3.08. The highest BCUT2D eigenvalue weighted by Crippen LogP contribution is 2.60. The molecule has 4 aliphatic heterocycles. The monoisotopic (exact) mass is 551 g/mol. The van der Waals surface area contributed by atoms with Crippen LogP contribution in [0.5, 0.6) is 0 Å². The van der Waals surface area contributed by atoms with Crippen molar-refractivity contribution in [2.24, 2.45) is 5.92 Å². The molecule has 2 aromatic rings. The summed E-state index contributed by atoms with van der Waals surface area (Å²) < 4.78 is 22.4. The van der Waals surface area contributed by atoms with Crippen LogP contribution in [0, 0.1) is 5.92 Å². The molecule has 0 unspecified atom stereocenters. The Bertz CT molecular complexity index is 1360. The first-order valence-electron chi connectivity index (χ1n) is 13.7. The van der Waals surface area contributed by atoms with Crippen molar-refractivity contribution in [3.63, 3.8) is 0 Å². The number of anilines is 3. The first-order valence-corrected chi connectivity index (χ1v) is 16.7. The molecule has 6 rings (SSSR count). The molecular weight excluding hydrogens is 517 g/mol. The van der Waals surface area contributed by atoms with Gasteiger partial charge >= 0.3 is 0 Å². The third-order valence-corrected chi connectivity index (χ3v) is 11.4. The van der Waals surface area contributed by atoms with E-state index in [9.17, 15) is 19.5 Å². The van der Waals surface area contributed by atoms with E-state index in [-0.39, 0.29) is 37.3 Å². The van der Waals surface area contributed by atoms with Crippen molar-refractivity contribution in [1.82, 2.24) is 0 Å². The van der Waals surface area contributed by atoms with Gasteiger partial charge < -0.3 is 28.7 Å². The lowest BCUT2D eigenvalue weighted by Crippen LogP contribution is -2.45. The van der Waals surface area contributed by atoms with Gasteiger partial charge in [0.05, 0.1) is 18.3 Å². The highest BCUT2D eigenvalue weighted by Gasteiger charge is 2.66. The zero-order chi connectivity index (χ0) is 27.7. The van der Waals surface area contributed by atoms with Crippen molar-refractivity contribution in [1.29, 1.82) is 0 Å². The number of nitrogens with zero attached hydrogens (tertiary/aromatic N) is 3. The van der Waals surface area contributed by atoms with Crippen LogP contribution in [-0.4, -0.2) is 57.0 Å². The SMILES string of the molecule is C[C@@H]1[C@@H]([Si](C)(C)F)[C@H](CCO)O[C@@]12C(=O)N(Cc1cccc(N3CCC3=O)c1)c1ccc(N3CCC3=O)cc12. The van der Waals surface area contributed by atoms with Crippen molar-refractivity contribution in [3.05, 3.63) is 53.6 Å². The number of ether oxygens (including phenoxy) is 1. The van der Waals surface area contributed by atoms with Crippen LogP contribution in [-0.2, 0) is 31.3 Å². The number of carbonyl (C=O) groups is 3. The number of hydrogen-bond acceptors (Lipinski definition) is 5. The molecule has 1 spiro atoms. The summed E-state index contributed by atoms with van der Waals surface area (Å²) in [7, 11) is -3.30. The van der Waals surface area contributed by atoms with E-state index in [0.717, 1.165) is 11.3 Å². The van der Waals surface area contributed by atoms with Gasteiger partial charge in [-0.15, -0.1) is 0 Å². The summed E-state index contributed by atoms with van der Waals surface area (Å²) in [4.78, 5) is 43.8. The van der Waals surface area contributed by atoms with Crippen LogP contribution in [0.1, 0.15) is 37.3 Å². The molecule has 4 aliphatic rings. The molecule has 0 radical (unpaired) electrons. The first-order chi connectivity index (χ1) is 18.6. The van der Waals surface area contributed by atoms with Gasteiger partial charge in [0.2, 0.25) is 20.2 Å². The summed E-state index contributed by atoms with van der Waals surface area (Å²) in [6.07, 6.45) is 0.670. The van der Waals surface area contributed by atoms with Crippen LogP contribution in [0.25, 0.3) is 0 Å². The van der Waals surface area contributed by atoms with E-state index in [1.165, 1.54) is 0 Å². The Balaban J connectivity index is 1.43. The van der Waals surface area contributed by atoms with E-state index in [1.807, 2.05) is 49.4 Å². The topological polar surface area (TPSA) is 90.4 Å². The fraction of sp³-hybridized carbons (Fsp3) is 0.483. The van der Waals surface area contributed by atoms with Crippen molar-refractivity contribution >= 4 is 43.2 Å². The summed E-state index contributed by atoms with van der Waals surface area (Å²) in [6.45, 7) is 6.54. The second-order valence-corrected chi connectivity index (χ2v) is 15.4. The molecule has 39 heavy (non-hydrogen) atoms. The van der Waals surface area contributed by atoms with Gasteiger partial charge in [0.25, 0.3) is 5.91 Å². The summed E-state index contributed by atoms with van der Waals surface area (Å²) in [5, 5.41) is 9.78. The Labute approximate surface area is 228 Å². The van der Waals surface area contributed by atoms with Gasteiger partial charge in [0.15, 0.2) is 5.60 Å². The highest BCUT2D eigenvalue weighted by atomic mass is 28.4. The Morgan fingerprint density at radius 3 is 2.26 bits per heavy atom. The molecule has 4 atom stereocenters. The van der Waals surface area contributed by atoms with Crippen LogP contribution in [0.4, 0.5) is 21.2 Å². The molecule has 10 heteroatoms. The van der Waals surface area contributed by atoms with E-state index in [2.05, 4.69) is 0 Å². The minimum Gasteiger partial charge on any atom is -0.396 e. The van der Waals surface area contributed by atoms with Gasteiger partial charge in [0, 0.05) is 60.9 Å². The minimum absolute atomic E-state index is 0.0243. The number of rotatable bonds is 7. The molecule has 206 valence electrons. The maximum atomic E-state index is 15.8. The summed E-state index contributed by atoms with van der Waals surface area (Å²) in [5.74, 6) is -0.624. The van der Waals surface area contributed by atoms with E-state index < -0.39 is 31.6 Å². The van der Waals surface area contributed by atoms with Gasteiger partial charge in [-0.2, -0.15) is 0 Å². The predicted octanol–water partition coefficient (Wildman–Crippen LogP) is 3.86. The number of carbonyl (C=O) groups excluding carboxylic acids is 3. The number of benzene rings is 2. The van der Waals surface area contributed by atoms with E-state index >= 15 is 4.11 Å². The third-order valence-electron chi connectivity index (χ3n) is 8.93. The zero-order valence-electron chi connectivity index (χ0n) is 22.5. The molecule has 0 aromatic heterocycles. The minimum atomic E-state index is -3.30. The molecule has 3 fully saturated rings. The van der Waals surface area contributed by atoms with Gasteiger partial charge in [-0.25, -0.2) is 0 Å². The molecule has 3 saturated heterocycles. The molecule has 0 saturated carbocycles. The summed E-state index contributed by atoms with van der Waals surface area (Å²) >= 11 is 0. The lowest BCUT2D eigenvalue weighted by Gasteiger charge is -2.33. The van der Waals surface area contributed by atoms with Crippen LogP contribution >= 0.6 is 0 Å². The second kappa shape index (κ2) is 9.24.